The summed E-state index contributed by atoms with van der Waals surface area (Å²) in [5, 5.41) is 3.66. The molecule has 2 N–H and O–H groups in total. The van der Waals surface area contributed by atoms with Gasteiger partial charge in [-0.15, -0.1) is 11.3 Å². The van der Waals surface area contributed by atoms with Crippen LogP contribution in [0.15, 0.2) is 0 Å². The van der Waals surface area contributed by atoms with Crippen molar-refractivity contribution in [1.82, 2.24) is 0 Å². The lowest BCUT2D eigenvalue weighted by atomic mass is 9.95. The van der Waals surface area contributed by atoms with E-state index in [2.05, 4.69) is 5.32 Å². The third-order valence-corrected chi connectivity index (χ3v) is 6.14. The maximum atomic E-state index is 12.6. The Morgan fingerprint density at radius 3 is 2.62 bits per heavy atom. The molecule has 1 aromatic rings. The molecule has 3 rings (SSSR count). The number of morpholine rings is 1. The van der Waals surface area contributed by atoms with Crippen LogP contribution in [0.25, 0.3) is 0 Å². The highest BCUT2D eigenvalue weighted by atomic mass is 32.1. The Bertz CT molecular complexity index is 663. The van der Waals surface area contributed by atoms with E-state index in [1.807, 2.05) is 13.8 Å². The summed E-state index contributed by atoms with van der Waals surface area (Å²) in [4.78, 5) is 27.5. The molecule has 2 heterocycles. The molecule has 2 aliphatic rings. The predicted octanol–water partition coefficient (Wildman–Crippen LogP) is 1.43. The minimum absolute atomic E-state index is 0.0505. The number of ether oxygens (including phenoxy) is 2. The Labute approximate surface area is 158 Å². The van der Waals surface area contributed by atoms with Gasteiger partial charge in [0.05, 0.1) is 12.2 Å². The van der Waals surface area contributed by atoms with Gasteiger partial charge in [-0.1, -0.05) is 0 Å². The Hall–Kier alpha value is -1.44. The summed E-state index contributed by atoms with van der Waals surface area (Å²) in [5.41, 5.74) is 1.66. The first-order valence-corrected chi connectivity index (χ1v) is 10.4. The van der Waals surface area contributed by atoms with Crippen molar-refractivity contribution in [3.8, 4) is 0 Å². The topological polar surface area (TPSA) is 69.1 Å². The van der Waals surface area contributed by atoms with Gasteiger partial charge in [-0.25, -0.2) is 4.79 Å². The lowest BCUT2D eigenvalue weighted by molar-refractivity contribution is -0.907. The van der Waals surface area contributed by atoms with E-state index in [0.29, 0.717) is 23.7 Å². The standard InChI is InChI=1S/C19H28N2O4S/c1-4-24-19(23)17-14-7-5-6-8-15(14)26-18(17)20-16(22)11-21-9-12(2)25-13(3)10-21/h12-13H,4-11H2,1-3H3,(H,20,22)/p+1/t12-,13-/m1/s1. The van der Waals surface area contributed by atoms with E-state index >= 15 is 0 Å². The van der Waals surface area contributed by atoms with E-state index < -0.39 is 0 Å². The van der Waals surface area contributed by atoms with Crippen LogP contribution in [0.3, 0.4) is 0 Å². The number of anilines is 1. The molecule has 1 aliphatic heterocycles. The van der Waals surface area contributed by atoms with Crippen molar-refractivity contribution in [3.05, 3.63) is 16.0 Å². The quantitative estimate of drug-likeness (QED) is 0.757. The summed E-state index contributed by atoms with van der Waals surface area (Å²) in [5.74, 6) is -0.367. The maximum absolute atomic E-state index is 12.6. The Balaban J connectivity index is 1.73. The average Bonchev–Trinajstić information content (AvgIpc) is 2.91. The molecule has 7 heteroatoms. The molecule has 1 aliphatic carbocycles. The monoisotopic (exact) mass is 381 g/mol. The van der Waals surface area contributed by atoms with Crippen LogP contribution in [0.1, 0.15) is 54.4 Å². The van der Waals surface area contributed by atoms with Gasteiger partial charge in [-0.05, 0) is 52.0 Å². The molecule has 1 saturated heterocycles. The van der Waals surface area contributed by atoms with E-state index in [1.54, 1.807) is 18.3 Å². The van der Waals surface area contributed by atoms with Crippen molar-refractivity contribution < 1.29 is 24.0 Å². The predicted molar refractivity (Wildman–Crippen MR) is 101 cm³/mol. The molecule has 0 aromatic carbocycles. The van der Waals surface area contributed by atoms with Gasteiger partial charge in [-0.2, -0.15) is 0 Å². The smallest absolute Gasteiger partial charge is 0.341 e. The molecule has 26 heavy (non-hydrogen) atoms. The summed E-state index contributed by atoms with van der Waals surface area (Å²) in [6.45, 7) is 8.26. The molecule has 1 amide bonds. The first-order chi connectivity index (χ1) is 12.5. The molecule has 1 aromatic heterocycles. The van der Waals surface area contributed by atoms with Gasteiger partial charge in [0.1, 0.15) is 30.3 Å². The minimum Gasteiger partial charge on any atom is -0.462 e. The van der Waals surface area contributed by atoms with Crippen LogP contribution >= 0.6 is 11.3 Å². The summed E-state index contributed by atoms with van der Waals surface area (Å²) < 4.78 is 11.0. The molecule has 2 atom stereocenters. The van der Waals surface area contributed by atoms with Crippen LogP contribution in [0.2, 0.25) is 0 Å². The zero-order valence-electron chi connectivity index (χ0n) is 15.9. The van der Waals surface area contributed by atoms with Gasteiger partial charge in [0.15, 0.2) is 6.54 Å². The highest BCUT2D eigenvalue weighted by molar-refractivity contribution is 7.17. The van der Waals surface area contributed by atoms with Gasteiger partial charge in [0, 0.05) is 4.88 Å². The number of aryl methyl sites for hydroxylation is 1. The van der Waals surface area contributed by atoms with E-state index in [4.69, 9.17) is 9.47 Å². The van der Waals surface area contributed by atoms with Crippen molar-refractivity contribution >= 4 is 28.2 Å². The molecule has 0 spiro atoms. The number of fused-ring (bicyclic) bond motifs is 1. The molecule has 0 bridgehead atoms. The second-order valence-electron chi connectivity index (χ2n) is 7.28. The summed E-state index contributed by atoms with van der Waals surface area (Å²) in [6.07, 6.45) is 4.40. The Morgan fingerprint density at radius 2 is 1.92 bits per heavy atom. The highest BCUT2D eigenvalue weighted by Gasteiger charge is 2.30. The summed E-state index contributed by atoms with van der Waals surface area (Å²) >= 11 is 1.54. The first kappa shape index (κ1) is 19.3. The van der Waals surface area contributed by atoms with Gasteiger partial charge in [0.25, 0.3) is 5.91 Å². The van der Waals surface area contributed by atoms with Gasteiger partial charge in [-0.3, -0.25) is 4.79 Å². The molecule has 0 unspecified atom stereocenters. The molecule has 144 valence electrons. The van der Waals surface area contributed by atoms with Crippen LogP contribution in [0.4, 0.5) is 5.00 Å². The molecular weight excluding hydrogens is 352 g/mol. The fourth-order valence-electron chi connectivity index (χ4n) is 4.00. The number of nitrogens with one attached hydrogen (secondary N) is 2. The van der Waals surface area contributed by atoms with E-state index in [0.717, 1.165) is 44.3 Å². The number of rotatable bonds is 5. The lowest BCUT2D eigenvalue weighted by Gasteiger charge is -2.31. The number of carbonyl (C=O) groups is 2. The van der Waals surface area contributed by atoms with Crippen LogP contribution in [0, 0.1) is 0 Å². The Kier molecular flexibility index (Phi) is 6.32. The van der Waals surface area contributed by atoms with E-state index in [-0.39, 0.29) is 24.1 Å². The first-order valence-electron chi connectivity index (χ1n) is 9.58. The molecular formula is C19H29N2O4S+. The number of esters is 1. The number of carbonyl (C=O) groups excluding carboxylic acids is 2. The van der Waals surface area contributed by atoms with Crippen LogP contribution < -0.4 is 10.2 Å². The van der Waals surface area contributed by atoms with Crippen molar-refractivity contribution in [1.29, 1.82) is 0 Å². The van der Waals surface area contributed by atoms with Gasteiger partial charge < -0.3 is 19.7 Å². The normalized spacial score (nSPS) is 25.4. The SMILES string of the molecule is CCOC(=O)c1c(NC(=O)C[NH+]2C[C@@H](C)O[C@H](C)C2)sc2c1CCCC2. The Morgan fingerprint density at radius 1 is 1.23 bits per heavy atom. The van der Waals surface area contributed by atoms with E-state index in [1.165, 1.54) is 9.78 Å². The molecule has 0 radical (unpaired) electrons. The fourth-order valence-corrected chi connectivity index (χ4v) is 5.30. The molecule has 0 saturated carbocycles. The third kappa shape index (κ3) is 4.45. The fraction of sp³-hybridized carbons (Fsp3) is 0.684. The number of hydrogen-bond donors (Lipinski definition) is 2. The zero-order chi connectivity index (χ0) is 18.7. The van der Waals surface area contributed by atoms with Crippen molar-refractivity contribution in [2.75, 3.05) is 31.6 Å². The maximum Gasteiger partial charge on any atom is 0.341 e. The molecule has 1 fully saturated rings. The number of hydrogen-bond acceptors (Lipinski definition) is 5. The number of quaternary nitrogens is 1. The minimum atomic E-state index is -0.317. The van der Waals surface area contributed by atoms with Gasteiger partial charge >= 0.3 is 5.97 Å². The number of amides is 1. The van der Waals surface area contributed by atoms with Crippen LogP contribution in [-0.2, 0) is 27.1 Å². The third-order valence-electron chi connectivity index (χ3n) is 4.93. The second kappa shape index (κ2) is 8.50. The van der Waals surface area contributed by atoms with Crippen LogP contribution in [-0.4, -0.2) is 50.3 Å². The van der Waals surface area contributed by atoms with E-state index in [9.17, 15) is 9.59 Å². The van der Waals surface area contributed by atoms with Crippen LogP contribution in [0.5, 0.6) is 0 Å². The average molecular weight is 382 g/mol. The van der Waals surface area contributed by atoms with Gasteiger partial charge in [0.2, 0.25) is 0 Å². The zero-order valence-corrected chi connectivity index (χ0v) is 16.7. The van der Waals surface area contributed by atoms with Crippen molar-refractivity contribution in [3.63, 3.8) is 0 Å². The lowest BCUT2D eigenvalue weighted by Crippen LogP contribution is -3.16. The second-order valence-corrected chi connectivity index (χ2v) is 8.38. The highest BCUT2D eigenvalue weighted by Crippen LogP contribution is 2.38. The van der Waals surface area contributed by atoms with Crippen molar-refractivity contribution in [2.24, 2.45) is 0 Å². The largest absolute Gasteiger partial charge is 0.462 e. The summed E-state index contributed by atoms with van der Waals surface area (Å²) in [7, 11) is 0. The number of thiophene rings is 1. The van der Waals surface area contributed by atoms with Crippen molar-refractivity contribution in [2.45, 2.75) is 58.7 Å². The molecule has 6 nitrogen and oxygen atoms in total. The summed E-state index contributed by atoms with van der Waals surface area (Å²) in [6, 6.07) is 0.